The van der Waals surface area contributed by atoms with Crippen LogP contribution in [0, 0.1) is 6.92 Å². The van der Waals surface area contributed by atoms with Gasteiger partial charge in [0.25, 0.3) is 5.91 Å². The van der Waals surface area contributed by atoms with Crippen LogP contribution in [0.15, 0.2) is 24.3 Å². The van der Waals surface area contributed by atoms with Crippen LogP contribution in [0.5, 0.6) is 0 Å². The Morgan fingerprint density at radius 1 is 1.24 bits per heavy atom. The second-order valence-corrected chi connectivity index (χ2v) is 4.27. The molecule has 4 nitrogen and oxygen atoms in total. The van der Waals surface area contributed by atoms with Gasteiger partial charge in [0.1, 0.15) is 0 Å². The third-order valence-electron chi connectivity index (χ3n) is 2.97. The largest absolute Gasteiger partial charge is 0.394 e. The van der Waals surface area contributed by atoms with E-state index in [9.17, 15) is 15.0 Å². The Morgan fingerprint density at radius 2 is 1.76 bits per heavy atom. The zero-order valence-corrected chi connectivity index (χ0v) is 10.2. The summed E-state index contributed by atoms with van der Waals surface area (Å²) in [7, 11) is 0. The average Bonchev–Trinajstić information content (AvgIpc) is 2.37. The van der Waals surface area contributed by atoms with E-state index in [1.807, 2.05) is 26.0 Å². The Hall–Kier alpha value is -1.39. The summed E-state index contributed by atoms with van der Waals surface area (Å²) in [5.41, 5.74) is 0.657. The second kappa shape index (κ2) is 5.80. The van der Waals surface area contributed by atoms with Crippen molar-refractivity contribution in [1.29, 1.82) is 0 Å². The molecule has 1 amide bonds. The van der Waals surface area contributed by atoms with Crippen molar-refractivity contribution in [3.8, 4) is 0 Å². The zero-order chi connectivity index (χ0) is 12.9. The van der Waals surface area contributed by atoms with Crippen LogP contribution in [0.2, 0.25) is 0 Å². The molecule has 94 valence electrons. The third kappa shape index (κ3) is 3.28. The highest BCUT2D eigenvalue weighted by Gasteiger charge is 2.28. The number of carbonyl (C=O) groups excluding carboxylic acids is 1. The number of rotatable bonds is 5. The number of aryl methyl sites for hydroxylation is 1. The number of nitrogens with one attached hydrogen (secondary N) is 1. The molecule has 0 atom stereocenters. The minimum atomic E-state index is -0.942. The fourth-order valence-electron chi connectivity index (χ4n) is 1.46. The fraction of sp³-hybridized carbons (Fsp3) is 0.462. The van der Waals surface area contributed by atoms with Gasteiger partial charge in [-0.05, 0) is 25.5 Å². The van der Waals surface area contributed by atoms with E-state index in [1.165, 1.54) is 0 Å². The third-order valence-corrected chi connectivity index (χ3v) is 2.97. The van der Waals surface area contributed by atoms with Gasteiger partial charge < -0.3 is 15.5 Å². The molecule has 0 heterocycles. The first kappa shape index (κ1) is 13.7. The highest BCUT2D eigenvalue weighted by molar-refractivity contribution is 5.94. The van der Waals surface area contributed by atoms with Crippen LogP contribution in [-0.4, -0.2) is 34.9 Å². The van der Waals surface area contributed by atoms with Crippen molar-refractivity contribution in [3.05, 3.63) is 35.4 Å². The Balaban J connectivity index is 2.81. The minimum Gasteiger partial charge on any atom is -0.394 e. The zero-order valence-electron chi connectivity index (χ0n) is 10.2. The quantitative estimate of drug-likeness (QED) is 0.711. The van der Waals surface area contributed by atoms with Gasteiger partial charge in [0.05, 0.1) is 18.8 Å². The number of hydrogen-bond donors (Lipinski definition) is 3. The van der Waals surface area contributed by atoms with Crippen LogP contribution >= 0.6 is 0 Å². The van der Waals surface area contributed by atoms with Gasteiger partial charge in [-0.2, -0.15) is 0 Å². The molecule has 4 heteroatoms. The van der Waals surface area contributed by atoms with Crippen molar-refractivity contribution in [3.63, 3.8) is 0 Å². The summed E-state index contributed by atoms with van der Waals surface area (Å²) in [6, 6.07) is 7.14. The number of hydrogen-bond acceptors (Lipinski definition) is 3. The first-order chi connectivity index (χ1) is 8.06. The second-order valence-electron chi connectivity index (χ2n) is 4.27. The SMILES string of the molecule is CCC(CO)(CO)NC(=O)c1ccc(C)cc1. The molecule has 0 saturated heterocycles. The lowest BCUT2D eigenvalue weighted by atomic mass is 9.97. The molecule has 0 fully saturated rings. The van der Waals surface area contributed by atoms with Gasteiger partial charge in [0.2, 0.25) is 0 Å². The van der Waals surface area contributed by atoms with E-state index in [1.54, 1.807) is 12.1 Å². The van der Waals surface area contributed by atoms with Crippen LogP contribution in [-0.2, 0) is 0 Å². The summed E-state index contributed by atoms with van der Waals surface area (Å²) in [6.07, 6.45) is 0.470. The Labute approximate surface area is 101 Å². The Kier molecular flexibility index (Phi) is 4.66. The van der Waals surface area contributed by atoms with Crippen LogP contribution in [0.1, 0.15) is 29.3 Å². The normalized spacial score (nSPS) is 11.3. The van der Waals surface area contributed by atoms with Gasteiger partial charge in [-0.15, -0.1) is 0 Å². The monoisotopic (exact) mass is 237 g/mol. The molecule has 17 heavy (non-hydrogen) atoms. The summed E-state index contributed by atoms with van der Waals surface area (Å²) in [5.74, 6) is -0.282. The van der Waals surface area contributed by atoms with Crippen LogP contribution in [0.4, 0.5) is 0 Å². The fourth-order valence-corrected chi connectivity index (χ4v) is 1.46. The van der Waals surface area contributed by atoms with Crippen molar-refractivity contribution in [1.82, 2.24) is 5.32 Å². The van der Waals surface area contributed by atoms with Crippen LogP contribution < -0.4 is 5.32 Å². The molecule has 0 radical (unpaired) electrons. The molecule has 0 aliphatic rings. The molecule has 3 N–H and O–H groups in total. The summed E-state index contributed by atoms with van der Waals surface area (Å²) in [5, 5.41) is 21.2. The van der Waals surface area contributed by atoms with E-state index in [4.69, 9.17) is 0 Å². The van der Waals surface area contributed by atoms with E-state index >= 15 is 0 Å². The molecule has 1 rings (SSSR count). The van der Waals surface area contributed by atoms with E-state index in [0.29, 0.717) is 12.0 Å². The lowest BCUT2D eigenvalue weighted by Crippen LogP contribution is -2.53. The molecule has 0 saturated carbocycles. The molecule has 0 unspecified atom stereocenters. The van der Waals surface area contributed by atoms with E-state index in [2.05, 4.69) is 5.32 Å². The van der Waals surface area contributed by atoms with Gasteiger partial charge >= 0.3 is 0 Å². The highest BCUT2D eigenvalue weighted by atomic mass is 16.3. The molecule has 0 spiro atoms. The van der Waals surface area contributed by atoms with E-state index < -0.39 is 5.54 Å². The molecular formula is C13H19NO3. The maximum absolute atomic E-state index is 11.9. The van der Waals surface area contributed by atoms with Gasteiger partial charge in [0.15, 0.2) is 0 Å². The van der Waals surface area contributed by atoms with Crippen molar-refractivity contribution in [2.45, 2.75) is 25.8 Å². The van der Waals surface area contributed by atoms with Gasteiger partial charge in [0, 0.05) is 5.56 Å². The Bertz CT molecular complexity index is 360. The maximum atomic E-state index is 11.9. The first-order valence-corrected chi connectivity index (χ1v) is 5.68. The number of aliphatic hydroxyl groups is 2. The molecule has 0 aliphatic carbocycles. The number of aliphatic hydroxyl groups excluding tert-OH is 2. The smallest absolute Gasteiger partial charge is 0.251 e. The van der Waals surface area contributed by atoms with Crippen molar-refractivity contribution in [2.75, 3.05) is 13.2 Å². The lowest BCUT2D eigenvalue weighted by Gasteiger charge is -2.29. The highest BCUT2D eigenvalue weighted by Crippen LogP contribution is 2.11. The standard InChI is InChI=1S/C13H19NO3/c1-3-13(8-15,9-16)14-12(17)11-6-4-10(2)5-7-11/h4-7,15-16H,3,8-9H2,1-2H3,(H,14,17). The molecule has 0 aliphatic heterocycles. The maximum Gasteiger partial charge on any atom is 0.251 e. The molecule has 0 bridgehead atoms. The summed E-state index contributed by atoms with van der Waals surface area (Å²) < 4.78 is 0. The number of benzene rings is 1. The van der Waals surface area contributed by atoms with E-state index in [0.717, 1.165) is 5.56 Å². The van der Waals surface area contributed by atoms with Crippen molar-refractivity contribution < 1.29 is 15.0 Å². The van der Waals surface area contributed by atoms with Crippen molar-refractivity contribution >= 4 is 5.91 Å². The van der Waals surface area contributed by atoms with Gasteiger partial charge in [-0.25, -0.2) is 0 Å². The van der Waals surface area contributed by atoms with Gasteiger partial charge in [-0.1, -0.05) is 24.6 Å². The van der Waals surface area contributed by atoms with Crippen molar-refractivity contribution in [2.24, 2.45) is 0 Å². The predicted molar refractivity (Wildman–Crippen MR) is 65.8 cm³/mol. The molecule has 0 aromatic heterocycles. The molecule has 1 aromatic rings. The first-order valence-electron chi connectivity index (χ1n) is 5.68. The summed E-state index contributed by atoms with van der Waals surface area (Å²) in [4.78, 5) is 11.9. The van der Waals surface area contributed by atoms with Crippen LogP contribution in [0.25, 0.3) is 0 Å². The predicted octanol–water partition coefficient (Wildman–Crippen LogP) is 0.858. The van der Waals surface area contributed by atoms with E-state index in [-0.39, 0.29) is 19.1 Å². The summed E-state index contributed by atoms with van der Waals surface area (Å²) in [6.45, 7) is 3.19. The minimum absolute atomic E-state index is 0.280. The topological polar surface area (TPSA) is 69.6 Å². The average molecular weight is 237 g/mol. The van der Waals surface area contributed by atoms with Gasteiger partial charge in [-0.3, -0.25) is 4.79 Å². The van der Waals surface area contributed by atoms with Crippen LogP contribution in [0.3, 0.4) is 0 Å². The molecule has 1 aromatic carbocycles. The lowest BCUT2D eigenvalue weighted by molar-refractivity contribution is 0.0653. The summed E-state index contributed by atoms with van der Waals surface area (Å²) >= 11 is 0. The molecular weight excluding hydrogens is 218 g/mol. The Morgan fingerprint density at radius 3 is 2.18 bits per heavy atom. The number of amides is 1. The number of carbonyl (C=O) groups is 1.